The molecule has 0 saturated heterocycles. The minimum Gasteiger partial charge on any atom is -0.453 e. The van der Waals surface area contributed by atoms with Crippen molar-refractivity contribution in [2.24, 2.45) is 0 Å². The Bertz CT molecular complexity index is 345. The lowest BCUT2D eigenvalue weighted by Crippen LogP contribution is -2.54. The van der Waals surface area contributed by atoms with Crippen molar-refractivity contribution in [2.75, 3.05) is 7.11 Å². The largest absolute Gasteiger partial charge is 0.453 e. The van der Waals surface area contributed by atoms with Crippen LogP contribution in [0.2, 0.25) is 16.6 Å². The Balaban J connectivity index is 5.36. The van der Waals surface area contributed by atoms with Gasteiger partial charge in [-0.15, -0.1) is 0 Å². The lowest BCUT2D eigenvalue weighted by molar-refractivity contribution is 0.139. The van der Waals surface area contributed by atoms with Gasteiger partial charge in [-0.25, -0.2) is 4.79 Å². The number of carbonyl (C=O) groups excluding carboxylic acids is 1. The quantitative estimate of drug-likeness (QED) is 0.510. The van der Waals surface area contributed by atoms with Crippen LogP contribution >= 0.6 is 0 Å². The molecule has 2 atom stereocenters. The second kappa shape index (κ2) is 9.35. The molecule has 0 aliphatic rings. The number of hydrogen-bond acceptors (Lipinski definition) is 3. The summed E-state index contributed by atoms with van der Waals surface area (Å²) in [6.07, 6.45) is 3.38. The lowest BCUT2D eigenvalue weighted by Gasteiger charge is -2.45. The molecule has 0 fully saturated rings. The van der Waals surface area contributed by atoms with Crippen molar-refractivity contribution < 1.29 is 14.0 Å². The van der Waals surface area contributed by atoms with Gasteiger partial charge in [-0.3, -0.25) is 0 Å². The molecule has 4 nitrogen and oxygen atoms in total. The van der Waals surface area contributed by atoms with E-state index in [9.17, 15) is 4.79 Å². The van der Waals surface area contributed by atoms with E-state index >= 15 is 0 Å². The highest BCUT2D eigenvalue weighted by Crippen LogP contribution is 2.43. The minimum absolute atomic E-state index is 0.0887. The highest BCUT2D eigenvalue weighted by atomic mass is 28.4. The molecule has 0 saturated carbocycles. The van der Waals surface area contributed by atoms with E-state index in [0.29, 0.717) is 16.6 Å². The number of carbonyl (C=O) groups is 1. The van der Waals surface area contributed by atoms with Crippen LogP contribution in [0.15, 0.2) is 12.2 Å². The van der Waals surface area contributed by atoms with E-state index in [1.807, 2.05) is 26.0 Å². The number of ether oxygens (including phenoxy) is 1. The number of hydrogen-bond donors (Lipinski definition) is 1. The molecular weight excluding hydrogens is 294 g/mol. The Hall–Kier alpha value is -0.813. The second-order valence-corrected chi connectivity index (χ2v) is 12.2. The maximum atomic E-state index is 11.6. The van der Waals surface area contributed by atoms with Crippen molar-refractivity contribution in [3.63, 3.8) is 0 Å². The van der Waals surface area contributed by atoms with Crippen LogP contribution in [0.25, 0.3) is 0 Å². The third-order valence-electron chi connectivity index (χ3n) is 4.47. The Morgan fingerprint density at radius 2 is 1.45 bits per heavy atom. The molecule has 0 bridgehead atoms. The van der Waals surface area contributed by atoms with E-state index in [2.05, 4.69) is 46.9 Å². The normalized spacial score (nSPS) is 15.6. The number of alkyl carbamates (subject to hydrolysis) is 1. The molecule has 130 valence electrons. The zero-order valence-electron chi connectivity index (χ0n) is 15.8. The molecule has 22 heavy (non-hydrogen) atoms. The van der Waals surface area contributed by atoms with Gasteiger partial charge in [0.05, 0.1) is 19.3 Å². The monoisotopic (exact) mass is 329 g/mol. The van der Waals surface area contributed by atoms with Gasteiger partial charge in [0, 0.05) is 0 Å². The van der Waals surface area contributed by atoms with Crippen LogP contribution in [0, 0.1) is 0 Å². The molecule has 0 spiro atoms. The summed E-state index contributed by atoms with van der Waals surface area (Å²) in [5.41, 5.74) is 1.54. The first kappa shape index (κ1) is 21.2. The van der Waals surface area contributed by atoms with Crippen molar-refractivity contribution in [1.29, 1.82) is 0 Å². The summed E-state index contributed by atoms with van der Waals surface area (Å²) in [5.74, 6) is 0. The van der Waals surface area contributed by atoms with Crippen LogP contribution in [0.3, 0.4) is 0 Å². The van der Waals surface area contributed by atoms with Gasteiger partial charge in [-0.05, 0) is 30.5 Å². The topological polar surface area (TPSA) is 47.6 Å². The van der Waals surface area contributed by atoms with Crippen molar-refractivity contribution in [2.45, 2.75) is 84.2 Å². The van der Waals surface area contributed by atoms with Gasteiger partial charge in [0.15, 0.2) is 0 Å². The molecule has 1 N–H and O–H groups in total. The van der Waals surface area contributed by atoms with E-state index in [0.717, 1.165) is 0 Å². The van der Waals surface area contributed by atoms with Crippen LogP contribution < -0.4 is 5.32 Å². The molecule has 0 aromatic rings. The standard InChI is InChI=1S/C17H35NO3Si/c1-10-11-16(18-17(19)20-9)15(8)21-22(12(2)3,13(4)5)14(6)7/h10-16H,1-9H3,(H,18,19)/b11-10+/t15-,16+/m0/s1. The Labute approximate surface area is 137 Å². The molecule has 0 aromatic carbocycles. The summed E-state index contributed by atoms with van der Waals surface area (Å²) in [7, 11) is -0.592. The van der Waals surface area contributed by atoms with Crippen LogP contribution in [-0.2, 0) is 9.16 Å². The molecule has 0 heterocycles. The molecule has 0 aromatic heterocycles. The van der Waals surface area contributed by atoms with Crippen LogP contribution in [-0.4, -0.2) is 33.7 Å². The summed E-state index contributed by atoms with van der Waals surface area (Å²) in [6.45, 7) is 17.5. The first-order valence-electron chi connectivity index (χ1n) is 8.28. The van der Waals surface area contributed by atoms with E-state index in [1.165, 1.54) is 7.11 Å². The number of allylic oxidation sites excluding steroid dienone is 1. The summed E-state index contributed by atoms with van der Waals surface area (Å²) in [5, 5.41) is 2.86. The molecule has 0 radical (unpaired) electrons. The molecule has 0 rings (SSSR count). The molecule has 1 amide bonds. The first-order chi connectivity index (χ1) is 10.1. The predicted octanol–water partition coefficient (Wildman–Crippen LogP) is 4.87. The summed E-state index contributed by atoms with van der Waals surface area (Å²) < 4.78 is 11.4. The molecule has 0 aliphatic heterocycles. The molecule has 5 heteroatoms. The zero-order chi connectivity index (χ0) is 17.5. The predicted molar refractivity (Wildman–Crippen MR) is 95.7 cm³/mol. The van der Waals surface area contributed by atoms with E-state index in [1.54, 1.807) is 0 Å². The fourth-order valence-electron chi connectivity index (χ4n) is 3.53. The van der Waals surface area contributed by atoms with Crippen molar-refractivity contribution in [1.82, 2.24) is 5.32 Å². The Morgan fingerprint density at radius 3 is 1.77 bits per heavy atom. The SMILES string of the molecule is C/C=C/[C@@H](NC(=O)OC)[C@H](C)O[Si](C(C)C)(C(C)C)C(C)C. The van der Waals surface area contributed by atoms with Gasteiger partial charge in [-0.2, -0.15) is 0 Å². The van der Waals surface area contributed by atoms with Gasteiger partial charge in [0.2, 0.25) is 8.32 Å². The van der Waals surface area contributed by atoms with E-state index in [-0.39, 0.29) is 12.1 Å². The zero-order valence-corrected chi connectivity index (χ0v) is 16.8. The lowest BCUT2D eigenvalue weighted by atomic mass is 10.2. The van der Waals surface area contributed by atoms with Gasteiger partial charge >= 0.3 is 6.09 Å². The van der Waals surface area contributed by atoms with Crippen molar-refractivity contribution in [3.05, 3.63) is 12.2 Å². The van der Waals surface area contributed by atoms with Crippen molar-refractivity contribution in [3.8, 4) is 0 Å². The molecule has 0 unspecified atom stereocenters. The van der Waals surface area contributed by atoms with Crippen LogP contribution in [0.5, 0.6) is 0 Å². The van der Waals surface area contributed by atoms with Crippen LogP contribution in [0.4, 0.5) is 4.79 Å². The molecule has 0 aliphatic carbocycles. The van der Waals surface area contributed by atoms with Gasteiger partial charge in [0.1, 0.15) is 0 Å². The molecular formula is C17H35NO3Si. The van der Waals surface area contributed by atoms with Crippen molar-refractivity contribution >= 4 is 14.4 Å². The average Bonchev–Trinajstić information content (AvgIpc) is 2.42. The summed E-state index contributed by atoms with van der Waals surface area (Å²) in [6, 6.07) is -0.180. The number of rotatable bonds is 8. The fraction of sp³-hybridized carbons (Fsp3) is 0.824. The third kappa shape index (κ3) is 5.13. The highest BCUT2D eigenvalue weighted by molar-refractivity contribution is 6.77. The fourth-order valence-corrected chi connectivity index (χ4v) is 9.13. The van der Waals surface area contributed by atoms with Crippen LogP contribution in [0.1, 0.15) is 55.4 Å². The third-order valence-corrected chi connectivity index (χ3v) is 10.7. The average molecular weight is 330 g/mol. The first-order valence-corrected chi connectivity index (χ1v) is 10.4. The summed E-state index contributed by atoms with van der Waals surface area (Å²) >= 11 is 0. The number of nitrogens with one attached hydrogen (secondary N) is 1. The maximum Gasteiger partial charge on any atom is 0.407 e. The number of amides is 1. The van der Waals surface area contributed by atoms with Gasteiger partial charge in [-0.1, -0.05) is 53.7 Å². The van der Waals surface area contributed by atoms with Gasteiger partial charge in [0.25, 0.3) is 0 Å². The number of methoxy groups -OCH3 is 1. The highest BCUT2D eigenvalue weighted by Gasteiger charge is 2.46. The second-order valence-electron chi connectivity index (χ2n) is 6.83. The van der Waals surface area contributed by atoms with E-state index in [4.69, 9.17) is 9.16 Å². The Morgan fingerprint density at radius 1 is 1.00 bits per heavy atom. The Kier molecular flexibility index (Phi) is 9.01. The summed E-state index contributed by atoms with van der Waals surface area (Å²) in [4.78, 5) is 11.6. The van der Waals surface area contributed by atoms with Gasteiger partial charge < -0.3 is 14.5 Å². The maximum absolute atomic E-state index is 11.6. The minimum atomic E-state index is -1.97. The smallest absolute Gasteiger partial charge is 0.407 e. The van der Waals surface area contributed by atoms with E-state index < -0.39 is 14.4 Å².